The Morgan fingerprint density at radius 2 is 1.50 bits per heavy atom. The van der Waals surface area contributed by atoms with Crippen LogP contribution in [0.25, 0.3) is 0 Å². The minimum atomic E-state index is 0.343. The van der Waals surface area contributed by atoms with Crippen LogP contribution in [0.15, 0.2) is 12.3 Å². The van der Waals surface area contributed by atoms with Gasteiger partial charge >= 0.3 is 0 Å². The van der Waals surface area contributed by atoms with Crippen LogP contribution in [-0.4, -0.2) is 6.54 Å². The molecule has 0 saturated heterocycles. The lowest BCUT2D eigenvalue weighted by molar-refractivity contribution is 0.357. The second-order valence-electron chi connectivity index (χ2n) is 7.29. The van der Waals surface area contributed by atoms with E-state index in [1.165, 1.54) is 25.0 Å². The Morgan fingerprint density at radius 3 is 1.94 bits per heavy atom. The summed E-state index contributed by atoms with van der Waals surface area (Å²) in [5, 5.41) is 3.43. The van der Waals surface area contributed by atoms with Gasteiger partial charge in [-0.1, -0.05) is 54.5 Å². The van der Waals surface area contributed by atoms with Crippen molar-refractivity contribution in [1.82, 2.24) is 5.32 Å². The van der Waals surface area contributed by atoms with Crippen molar-refractivity contribution in [1.29, 1.82) is 0 Å². The quantitative estimate of drug-likeness (QED) is 0.644. The molecular weight excluding hydrogens is 194 g/mol. The molecule has 0 atom stereocenters. The van der Waals surface area contributed by atoms with E-state index in [4.69, 9.17) is 0 Å². The maximum atomic E-state index is 4.08. The third kappa shape index (κ3) is 11.6. The highest BCUT2D eigenvalue weighted by atomic mass is 14.9. The van der Waals surface area contributed by atoms with E-state index in [0.717, 1.165) is 13.0 Å². The van der Waals surface area contributed by atoms with E-state index < -0.39 is 0 Å². The Bertz CT molecular complexity index is 202. The molecule has 0 saturated carbocycles. The number of rotatable bonds is 6. The minimum absolute atomic E-state index is 0.343. The van der Waals surface area contributed by atoms with Gasteiger partial charge in [0.25, 0.3) is 0 Å². The molecule has 0 aromatic heterocycles. The molecule has 1 nitrogen and oxygen atoms in total. The van der Waals surface area contributed by atoms with E-state index in [0.29, 0.717) is 10.8 Å². The molecule has 0 radical (unpaired) electrons. The summed E-state index contributed by atoms with van der Waals surface area (Å²) in [4.78, 5) is 0. The van der Waals surface area contributed by atoms with Gasteiger partial charge in [-0.05, 0) is 30.1 Å². The molecule has 1 heteroatoms. The zero-order valence-electron chi connectivity index (χ0n) is 12.2. The van der Waals surface area contributed by atoms with Crippen LogP contribution in [0.1, 0.15) is 67.2 Å². The van der Waals surface area contributed by atoms with Gasteiger partial charge in [-0.2, -0.15) is 0 Å². The van der Waals surface area contributed by atoms with E-state index in [9.17, 15) is 0 Å². The summed E-state index contributed by atoms with van der Waals surface area (Å²) < 4.78 is 0. The fourth-order valence-electron chi connectivity index (χ4n) is 1.75. The lowest BCUT2D eigenvalue weighted by Crippen LogP contribution is -2.19. The van der Waals surface area contributed by atoms with Crippen molar-refractivity contribution >= 4 is 0 Å². The van der Waals surface area contributed by atoms with E-state index in [1.54, 1.807) is 0 Å². The van der Waals surface area contributed by atoms with Crippen LogP contribution in [0, 0.1) is 10.8 Å². The number of allylic oxidation sites excluding steroid dienone is 1. The molecule has 16 heavy (non-hydrogen) atoms. The molecule has 0 amide bonds. The Hall–Kier alpha value is -0.460. The fourth-order valence-corrected chi connectivity index (χ4v) is 1.75. The predicted octanol–water partition coefficient (Wildman–Crippen LogP) is 4.74. The minimum Gasteiger partial charge on any atom is -0.389 e. The zero-order valence-corrected chi connectivity index (χ0v) is 12.2. The molecule has 1 N–H and O–H groups in total. The first-order valence-electron chi connectivity index (χ1n) is 6.52. The van der Waals surface area contributed by atoms with Gasteiger partial charge in [-0.15, -0.1) is 0 Å². The van der Waals surface area contributed by atoms with E-state index >= 15 is 0 Å². The second kappa shape index (κ2) is 6.32. The van der Waals surface area contributed by atoms with Crippen molar-refractivity contribution in [3.63, 3.8) is 0 Å². The third-order valence-corrected chi connectivity index (χ3v) is 2.47. The molecule has 0 aliphatic heterocycles. The van der Waals surface area contributed by atoms with Gasteiger partial charge in [-0.25, -0.2) is 0 Å². The molecule has 0 bridgehead atoms. The van der Waals surface area contributed by atoms with Gasteiger partial charge in [-0.3, -0.25) is 0 Å². The first-order valence-corrected chi connectivity index (χ1v) is 6.52. The molecule has 0 aromatic rings. The van der Waals surface area contributed by atoms with Gasteiger partial charge < -0.3 is 5.32 Å². The molecule has 0 unspecified atom stereocenters. The van der Waals surface area contributed by atoms with Crippen LogP contribution in [0.4, 0.5) is 0 Å². The molecule has 0 fully saturated rings. The van der Waals surface area contributed by atoms with Gasteiger partial charge in [0.2, 0.25) is 0 Å². The fraction of sp³-hybridized carbons (Fsp3) is 0.867. The van der Waals surface area contributed by atoms with Crippen molar-refractivity contribution in [2.75, 3.05) is 6.54 Å². The summed E-state index contributed by atoms with van der Waals surface area (Å²) in [5.74, 6) is 0. The predicted molar refractivity (Wildman–Crippen MR) is 74.5 cm³/mol. The molecule has 96 valence electrons. The van der Waals surface area contributed by atoms with Crippen molar-refractivity contribution in [2.24, 2.45) is 10.8 Å². The lowest BCUT2D eigenvalue weighted by Gasteiger charge is -2.21. The summed E-state index contributed by atoms with van der Waals surface area (Å²) >= 11 is 0. The first kappa shape index (κ1) is 15.5. The van der Waals surface area contributed by atoms with E-state index in [2.05, 4.69) is 53.4 Å². The summed E-state index contributed by atoms with van der Waals surface area (Å²) in [5.41, 5.74) is 2.00. The Labute approximate surface area is 103 Å². The number of nitrogens with one attached hydrogen (secondary N) is 1. The first-order chi connectivity index (χ1) is 7.10. The monoisotopic (exact) mass is 225 g/mol. The van der Waals surface area contributed by atoms with Gasteiger partial charge in [0.1, 0.15) is 0 Å². The Kier molecular flexibility index (Phi) is 6.14. The van der Waals surface area contributed by atoms with Crippen molar-refractivity contribution in [3.05, 3.63) is 12.3 Å². The maximum absolute atomic E-state index is 4.08. The zero-order chi connectivity index (χ0) is 12.8. The highest BCUT2D eigenvalue weighted by Crippen LogP contribution is 2.22. The maximum Gasteiger partial charge on any atom is 0.0143 e. The third-order valence-electron chi connectivity index (χ3n) is 2.47. The van der Waals surface area contributed by atoms with Gasteiger partial charge in [0.15, 0.2) is 0 Å². The van der Waals surface area contributed by atoms with Crippen LogP contribution in [0.2, 0.25) is 0 Å². The normalized spacial score (nSPS) is 12.6. The highest BCUT2D eigenvalue weighted by Gasteiger charge is 2.12. The number of unbranched alkanes of at least 4 members (excludes halogenated alkanes) is 1. The van der Waals surface area contributed by atoms with E-state index in [-0.39, 0.29) is 0 Å². The van der Waals surface area contributed by atoms with Crippen LogP contribution < -0.4 is 5.32 Å². The molecule has 0 heterocycles. The molecule has 0 aromatic carbocycles. The van der Waals surface area contributed by atoms with Crippen molar-refractivity contribution < 1.29 is 0 Å². The van der Waals surface area contributed by atoms with E-state index in [1.807, 2.05) is 0 Å². The van der Waals surface area contributed by atoms with Crippen molar-refractivity contribution in [3.8, 4) is 0 Å². The largest absolute Gasteiger partial charge is 0.389 e. The summed E-state index contributed by atoms with van der Waals surface area (Å²) in [6.45, 7) is 18.8. The summed E-state index contributed by atoms with van der Waals surface area (Å²) in [7, 11) is 0. The van der Waals surface area contributed by atoms with Crippen LogP contribution in [0.3, 0.4) is 0 Å². The standard InChI is InChI=1S/C15H31N/c1-13(12-15(5,6)7)16-11-9-8-10-14(2,3)4/h16H,1,8-12H2,2-7H3. The Balaban J connectivity index is 3.50. The Morgan fingerprint density at radius 1 is 0.938 bits per heavy atom. The van der Waals surface area contributed by atoms with Gasteiger partial charge in [0.05, 0.1) is 0 Å². The van der Waals surface area contributed by atoms with Crippen LogP contribution >= 0.6 is 0 Å². The SMILES string of the molecule is C=C(CC(C)(C)C)NCCCCC(C)(C)C. The summed E-state index contributed by atoms with van der Waals surface area (Å²) in [6, 6.07) is 0. The molecular formula is C15H31N. The average Bonchev–Trinajstić information content (AvgIpc) is 1.97. The number of hydrogen-bond acceptors (Lipinski definition) is 1. The molecule has 0 aliphatic rings. The smallest absolute Gasteiger partial charge is 0.0143 e. The van der Waals surface area contributed by atoms with Crippen LogP contribution in [0.5, 0.6) is 0 Å². The highest BCUT2D eigenvalue weighted by molar-refractivity contribution is 4.94. The molecule has 0 aliphatic carbocycles. The van der Waals surface area contributed by atoms with Gasteiger partial charge in [0, 0.05) is 12.2 Å². The lowest BCUT2D eigenvalue weighted by atomic mass is 9.89. The molecule has 0 spiro atoms. The topological polar surface area (TPSA) is 12.0 Å². The number of hydrogen-bond donors (Lipinski definition) is 1. The van der Waals surface area contributed by atoms with Crippen LogP contribution in [-0.2, 0) is 0 Å². The van der Waals surface area contributed by atoms with Crippen molar-refractivity contribution in [2.45, 2.75) is 67.2 Å². The summed E-state index contributed by atoms with van der Waals surface area (Å²) in [6.07, 6.45) is 4.92. The molecule has 0 rings (SSSR count). The average molecular weight is 225 g/mol. The second-order valence-corrected chi connectivity index (χ2v) is 7.29.